The quantitative estimate of drug-likeness (QED) is 0.675. The number of fused-ring (bicyclic) bond motifs is 1. The molecule has 0 aliphatic carbocycles. The fourth-order valence-electron chi connectivity index (χ4n) is 1.54. The zero-order valence-corrected chi connectivity index (χ0v) is 7.67. The molecule has 72 valence electrons. The molecular weight excluding hydrogens is 184 g/mol. The minimum atomic E-state index is -2.47. The minimum Gasteiger partial charge on any atom is -0.256 e. The van der Waals surface area contributed by atoms with Crippen molar-refractivity contribution in [3.8, 4) is 0 Å². The van der Waals surface area contributed by atoms with Crippen LogP contribution in [0, 0.1) is 6.92 Å². The van der Waals surface area contributed by atoms with Gasteiger partial charge in [0.25, 0.3) is 6.43 Å². The molecule has 0 bridgehead atoms. The van der Waals surface area contributed by atoms with Crippen molar-refractivity contribution in [2.24, 2.45) is 0 Å². The highest BCUT2D eigenvalue weighted by Gasteiger charge is 2.12. The van der Waals surface area contributed by atoms with Gasteiger partial charge in [0, 0.05) is 17.1 Å². The molecule has 0 aliphatic rings. The molecule has 0 N–H and O–H groups in total. The number of hydrogen-bond acceptors (Lipinski definition) is 1. The monoisotopic (exact) mass is 193 g/mol. The van der Waals surface area contributed by atoms with Crippen LogP contribution in [0.25, 0.3) is 10.9 Å². The van der Waals surface area contributed by atoms with Gasteiger partial charge in [0.15, 0.2) is 0 Å². The van der Waals surface area contributed by atoms with Crippen LogP contribution in [-0.2, 0) is 0 Å². The van der Waals surface area contributed by atoms with Gasteiger partial charge < -0.3 is 0 Å². The van der Waals surface area contributed by atoms with Crippen molar-refractivity contribution >= 4 is 10.9 Å². The molecule has 0 spiro atoms. The van der Waals surface area contributed by atoms with E-state index in [0.717, 1.165) is 10.9 Å². The number of alkyl halides is 2. The first-order valence-electron chi connectivity index (χ1n) is 4.32. The maximum absolute atomic E-state index is 12.6. The van der Waals surface area contributed by atoms with Crippen LogP contribution in [0.2, 0.25) is 0 Å². The number of aryl methyl sites for hydroxylation is 1. The molecule has 14 heavy (non-hydrogen) atoms. The average molecular weight is 193 g/mol. The predicted octanol–water partition coefficient (Wildman–Crippen LogP) is 3.48. The number of hydrogen-bond donors (Lipinski definition) is 0. The average Bonchev–Trinajstić information content (AvgIpc) is 2.16. The molecule has 1 aromatic carbocycles. The Morgan fingerprint density at radius 1 is 1.29 bits per heavy atom. The molecule has 0 radical (unpaired) electrons. The van der Waals surface area contributed by atoms with Gasteiger partial charge in [-0.2, -0.15) is 0 Å². The lowest BCUT2D eigenvalue weighted by Gasteiger charge is -2.05. The van der Waals surface area contributed by atoms with E-state index in [2.05, 4.69) is 4.98 Å². The van der Waals surface area contributed by atoms with E-state index in [4.69, 9.17) is 0 Å². The standard InChI is InChI=1S/C11H9F2N/c1-7-5-8-3-2-4-14-10(8)9(6-7)11(12)13/h2-6,11H,1H3. The Balaban J connectivity index is 2.80. The maximum Gasteiger partial charge on any atom is 0.265 e. The first-order valence-corrected chi connectivity index (χ1v) is 4.32. The van der Waals surface area contributed by atoms with Crippen molar-refractivity contribution in [2.75, 3.05) is 0 Å². The molecule has 0 aliphatic heterocycles. The zero-order valence-electron chi connectivity index (χ0n) is 7.67. The summed E-state index contributed by atoms with van der Waals surface area (Å²) in [5.41, 5.74) is 1.24. The fraction of sp³-hybridized carbons (Fsp3) is 0.182. The van der Waals surface area contributed by atoms with E-state index in [1.807, 2.05) is 6.07 Å². The number of nitrogens with zero attached hydrogens (tertiary/aromatic N) is 1. The van der Waals surface area contributed by atoms with E-state index in [0.29, 0.717) is 5.52 Å². The normalized spacial score (nSPS) is 11.1. The highest BCUT2D eigenvalue weighted by Crippen LogP contribution is 2.27. The van der Waals surface area contributed by atoms with E-state index in [-0.39, 0.29) is 5.56 Å². The summed E-state index contributed by atoms with van der Waals surface area (Å²) in [6.45, 7) is 1.80. The molecule has 0 fully saturated rings. The van der Waals surface area contributed by atoms with Gasteiger partial charge in [0.2, 0.25) is 0 Å². The Morgan fingerprint density at radius 2 is 2.07 bits per heavy atom. The van der Waals surface area contributed by atoms with Crippen LogP contribution in [0.4, 0.5) is 8.78 Å². The third-order valence-corrected chi connectivity index (χ3v) is 2.11. The van der Waals surface area contributed by atoms with E-state index < -0.39 is 6.43 Å². The van der Waals surface area contributed by atoms with Gasteiger partial charge in [-0.3, -0.25) is 4.98 Å². The highest BCUT2D eigenvalue weighted by atomic mass is 19.3. The molecule has 0 amide bonds. The molecule has 1 aromatic heterocycles. The molecule has 0 saturated heterocycles. The molecule has 3 heteroatoms. The summed E-state index contributed by atoms with van der Waals surface area (Å²) in [5, 5.41) is 0.766. The van der Waals surface area contributed by atoms with Gasteiger partial charge in [0.1, 0.15) is 0 Å². The fourth-order valence-corrected chi connectivity index (χ4v) is 1.54. The maximum atomic E-state index is 12.6. The van der Waals surface area contributed by atoms with E-state index >= 15 is 0 Å². The largest absolute Gasteiger partial charge is 0.265 e. The van der Waals surface area contributed by atoms with Crippen LogP contribution >= 0.6 is 0 Å². The summed E-state index contributed by atoms with van der Waals surface area (Å²) in [6.07, 6.45) is -0.934. The van der Waals surface area contributed by atoms with E-state index in [9.17, 15) is 8.78 Å². The first-order chi connectivity index (χ1) is 6.68. The summed E-state index contributed by atoms with van der Waals surface area (Å²) in [4.78, 5) is 3.96. The topological polar surface area (TPSA) is 12.9 Å². The molecule has 2 aromatic rings. The van der Waals surface area contributed by atoms with Gasteiger partial charge in [-0.15, -0.1) is 0 Å². The SMILES string of the molecule is Cc1cc(C(F)F)c2ncccc2c1. The van der Waals surface area contributed by atoms with Crippen LogP contribution in [0.15, 0.2) is 30.5 Å². The predicted molar refractivity (Wildman–Crippen MR) is 51.4 cm³/mol. The second-order valence-corrected chi connectivity index (χ2v) is 3.23. The van der Waals surface area contributed by atoms with Gasteiger partial charge in [0.05, 0.1) is 5.52 Å². The molecule has 0 saturated carbocycles. The van der Waals surface area contributed by atoms with Crippen LogP contribution in [0.3, 0.4) is 0 Å². The summed E-state index contributed by atoms with van der Waals surface area (Å²) in [7, 11) is 0. The third kappa shape index (κ3) is 1.45. The van der Waals surface area contributed by atoms with Crippen molar-refractivity contribution < 1.29 is 8.78 Å². The van der Waals surface area contributed by atoms with Crippen LogP contribution < -0.4 is 0 Å². The van der Waals surface area contributed by atoms with Gasteiger partial charge in [-0.05, 0) is 30.7 Å². The van der Waals surface area contributed by atoms with Gasteiger partial charge in [-0.25, -0.2) is 8.78 Å². The van der Waals surface area contributed by atoms with Crippen molar-refractivity contribution in [3.63, 3.8) is 0 Å². The summed E-state index contributed by atoms with van der Waals surface area (Å²) in [6, 6.07) is 6.88. The number of halogens is 2. The van der Waals surface area contributed by atoms with Crippen molar-refractivity contribution in [2.45, 2.75) is 13.3 Å². The minimum absolute atomic E-state index is 0.0144. The van der Waals surface area contributed by atoms with E-state index in [1.54, 1.807) is 19.1 Å². The summed E-state index contributed by atoms with van der Waals surface area (Å²) in [5.74, 6) is 0. The van der Waals surface area contributed by atoms with Gasteiger partial charge in [-0.1, -0.05) is 6.07 Å². The Labute approximate surface area is 80.4 Å². The van der Waals surface area contributed by atoms with Crippen molar-refractivity contribution in [1.29, 1.82) is 0 Å². The Kier molecular flexibility index (Phi) is 2.15. The van der Waals surface area contributed by atoms with Crippen molar-refractivity contribution in [3.05, 3.63) is 41.6 Å². The second-order valence-electron chi connectivity index (χ2n) is 3.23. The second kappa shape index (κ2) is 3.33. The zero-order chi connectivity index (χ0) is 10.1. The molecular formula is C11H9F2N. The first kappa shape index (κ1) is 9.06. The van der Waals surface area contributed by atoms with Crippen LogP contribution in [0.5, 0.6) is 0 Å². The molecule has 1 nitrogen and oxygen atoms in total. The summed E-state index contributed by atoms with van der Waals surface area (Å²) < 4.78 is 25.3. The number of rotatable bonds is 1. The molecule has 1 heterocycles. The van der Waals surface area contributed by atoms with E-state index in [1.165, 1.54) is 12.3 Å². The molecule has 0 unspecified atom stereocenters. The third-order valence-electron chi connectivity index (χ3n) is 2.11. The molecule has 0 atom stereocenters. The van der Waals surface area contributed by atoms with Crippen LogP contribution in [-0.4, -0.2) is 4.98 Å². The smallest absolute Gasteiger partial charge is 0.256 e. The number of aromatic nitrogens is 1. The lowest BCUT2D eigenvalue weighted by Crippen LogP contribution is -1.90. The highest BCUT2D eigenvalue weighted by molar-refractivity contribution is 5.82. The van der Waals surface area contributed by atoms with Gasteiger partial charge >= 0.3 is 0 Å². The lowest BCUT2D eigenvalue weighted by atomic mass is 10.1. The summed E-state index contributed by atoms with van der Waals surface area (Å²) >= 11 is 0. The van der Waals surface area contributed by atoms with Crippen molar-refractivity contribution in [1.82, 2.24) is 4.98 Å². The Hall–Kier alpha value is -1.51. The number of benzene rings is 1. The lowest BCUT2D eigenvalue weighted by molar-refractivity contribution is 0.153. The van der Waals surface area contributed by atoms with Crippen LogP contribution in [0.1, 0.15) is 17.6 Å². The number of pyridine rings is 1. The molecule has 2 rings (SSSR count). The Morgan fingerprint density at radius 3 is 2.79 bits per heavy atom. The Bertz CT molecular complexity index is 466.